The van der Waals surface area contributed by atoms with Crippen LogP contribution in [0.5, 0.6) is 0 Å². The molecule has 0 amide bonds. The number of benzene rings is 1. The number of aromatic carboxylic acids is 1. The van der Waals surface area contributed by atoms with E-state index in [1.54, 1.807) is 25.1 Å². The molecule has 2 aromatic rings. The summed E-state index contributed by atoms with van der Waals surface area (Å²) in [5.41, 5.74) is 1.59. The first-order valence-electron chi connectivity index (χ1n) is 6.10. The molecular weight excluding hydrogens is 258 g/mol. The van der Waals surface area contributed by atoms with Crippen molar-refractivity contribution in [3.8, 4) is 11.8 Å². The number of nitrogens with one attached hydrogen (secondary N) is 1. The molecule has 5 nitrogen and oxygen atoms in total. The Bertz CT molecular complexity index is 718. The van der Waals surface area contributed by atoms with Gasteiger partial charge in [0, 0.05) is 22.7 Å². The summed E-state index contributed by atoms with van der Waals surface area (Å²) < 4.78 is 4.76. The number of fused-ring (bicyclic) bond motifs is 1. The minimum Gasteiger partial charge on any atom is -0.478 e. The molecule has 0 radical (unpaired) electrons. The second-order valence-corrected chi connectivity index (χ2v) is 4.05. The van der Waals surface area contributed by atoms with Crippen LogP contribution < -0.4 is 0 Å². The molecule has 1 heterocycles. The fourth-order valence-corrected chi connectivity index (χ4v) is 1.81. The Balaban J connectivity index is 2.23. The van der Waals surface area contributed by atoms with Crippen LogP contribution in [0.3, 0.4) is 0 Å². The van der Waals surface area contributed by atoms with Gasteiger partial charge in [0.2, 0.25) is 0 Å². The topological polar surface area (TPSA) is 79.4 Å². The molecular formula is C15H13NO4. The fraction of sp³-hybridized carbons (Fsp3) is 0.200. The van der Waals surface area contributed by atoms with E-state index in [1.165, 1.54) is 6.20 Å². The van der Waals surface area contributed by atoms with Crippen LogP contribution in [0.2, 0.25) is 0 Å². The van der Waals surface area contributed by atoms with Gasteiger partial charge in [-0.05, 0) is 25.1 Å². The average molecular weight is 271 g/mol. The van der Waals surface area contributed by atoms with Crippen LogP contribution in [0, 0.1) is 11.8 Å². The second kappa shape index (κ2) is 5.93. The summed E-state index contributed by atoms with van der Waals surface area (Å²) in [5, 5.41) is 9.65. The number of carboxylic acids is 1. The Morgan fingerprint density at radius 2 is 2.20 bits per heavy atom. The summed E-state index contributed by atoms with van der Waals surface area (Å²) in [7, 11) is 0. The van der Waals surface area contributed by atoms with Gasteiger partial charge >= 0.3 is 11.9 Å². The zero-order valence-electron chi connectivity index (χ0n) is 10.9. The molecule has 0 fully saturated rings. The molecule has 0 atom stereocenters. The van der Waals surface area contributed by atoms with Crippen molar-refractivity contribution in [2.75, 3.05) is 6.61 Å². The summed E-state index contributed by atoms with van der Waals surface area (Å²) in [6.07, 6.45) is 1.47. The smallest absolute Gasteiger partial charge is 0.337 e. The fourth-order valence-electron chi connectivity index (χ4n) is 1.81. The van der Waals surface area contributed by atoms with Crippen molar-refractivity contribution in [2.45, 2.75) is 13.3 Å². The molecule has 2 rings (SSSR count). The zero-order valence-corrected chi connectivity index (χ0v) is 10.9. The van der Waals surface area contributed by atoms with Gasteiger partial charge in [-0.2, -0.15) is 0 Å². The normalized spacial score (nSPS) is 9.85. The van der Waals surface area contributed by atoms with Crippen molar-refractivity contribution >= 4 is 22.8 Å². The number of rotatable bonds is 3. The highest BCUT2D eigenvalue weighted by molar-refractivity contribution is 6.03. The van der Waals surface area contributed by atoms with E-state index >= 15 is 0 Å². The van der Waals surface area contributed by atoms with Gasteiger partial charge < -0.3 is 14.8 Å². The summed E-state index contributed by atoms with van der Waals surface area (Å²) in [6.45, 7) is 2.07. The Morgan fingerprint density at radius 3 is 2.90 bits per heavy atom. The van der Waals surface area contributed by atoms with Crippen molar-refractivity contribution in [3.05, 3.63) is 35.5 Å². The average Bonchev–Trinajstić information content (AvgIpc) is 2.82. The number of H-pyrrole nitrogens is 1. The lowest BCUT2D eigenvalue weighted by Gasteiger charge is -1.96. The van der Waals surface area contributed by atoms with E-state index < -0.39 is 5.97 Å². The van der Waals surface area contributed by atoms with E-state index in [2.05, 4.69) is 16.8 Å². The van der Waals surface area contributed by atoms with E-state index in [0.29, 0.717) is 17.6 Å². The maximum atomic E-state index is 11.1. The first-order valence-corrected chi connectivity index (χ1v) is 6.10. The van der Waals surface area contributed by atoms with Gasteiger partial charge in [-0.25, -0.2) is 4.79 Å². The molecule has 0 spiro atoms. The number of ether oxygens (including phenoxy) is 1. The summed E-state index contributed by atoms with van der Waals surface area (Å²) in [5.74, 6) is 4.17. The third-order valence-electron chi connectivity index (χ3n) is 2.68. The van der Waals surface area contributed by atoms with Crippen LogP contribution in [0.4, 0.5) is 0 Å². The van der Waals surface area contributed by atoms with Crippen LogP contribution in [-0.2, 0) is 9.53 Å². The van der Waals surface area contributed by atoms with Gasteiger partial charge in [0.1, 0.15) is 6.42 Å². The molecule has 0 saturated heterocycles. The molecule has 0 aliphatic rings. The van der Waals surface area contributed by atoms with Crippen LogP contribution in [0.15, 0.2) is 24.4 Å². The summed E-state index contributed by atoms with van der Waals surface area (Å²) >= 11 is 0. The SMILES string of the molecule is CCOC(=O)CC#Cc1ccc2[nH]cc(C(=O)O)c2c1. The predicted molar refractivity (Wildman–Crippen MR) is 73.4 cm³/mol. The van der Waals surface area contributed by atoms with Crippen molar-refractivity contribution < 1.29 is 19.4 Å². The zero-order chi connectivity index (χ0) is 14.5. The van der Waals surface area contributed by atoms with Gasteiger partial charge in [0.15, 0.2) is 0 Å². The quantitative estimate of drug-likeness (QED) is 0.662. The Hall–Kier alpha value is -2.74. The lowest BCUT2D eigenvalue weighted by Crippen LogP contribution is -2.01. The summed E-state index contributed by atoms with van der Waals surface area (Å²) in [6, 6.07) is 5.21. The van der Waals surface area contributed by atoms with Crippen LogP contribution in [0.25, 0.3) is 10.9 Å². The summed E-state index contributed by atoms with van der Waals surface area (Å²) in [4.78, 5) is 25.1. The third-order valence-corrected chi connectivity index (χ3v) is 2.68. The molecule has 2 N–H and O–H groups in total. The standard InChI is InChI=1S/C15H13NO4/c1-2-20-14(17)5-3-4-10-6-7-13-11(8-10)12(9-16-13)15(18)19/h6-9,16H,2,5H2,1H3,(H,18,19). The van der Waals surface area contributed by atoms with Crippen molar-refractivity contribution in [2.24, 2.45) is 0 Å². The number of hydrogen-bond donors (Lipinski definition) is 2. The van der Waals surface area contributed by atoms with E-state index in [-0.39, 0.29) is 18.0 Å². The maximum Gasteiger partial charge on any atom is 0.337 e. The molecule has 0 aliphatic carbocycles. The van der Waals surface area contributed by atoms with Gasteiger partial charge in [-0.3, -0.25) is 4.79 Å². The lowest BCUT2D eigenvalue weighted by molar-refractivity contribution is -0.141. The van der Waals surface area contributed by atoms with E-state index in [4.69, 9.17) is 9.84 Å². The van der Waals surface area contributed by atoms with Crippen LogP contribution in [0.1, 0.15) is 29.3 Å². The molecule has 1 aromatic carbocycles. The number of carbonyl (C=O) groups is 2. The van der Waals surface area contributed by atoms with Crippen LogP contribution >= 0.6 is 0 Å². The largest absolute Gasteiger partial charge is 0.478 e. The highest BCUT2D eigenvalue weighted by Crippen LogP contribution is 2.19. The first kappa shape index (κ1) is 13.7. The predicted octanol–water partition coefficient (Wildman–Crippen LogP) is 2.17. The highest BCUT2D eigenvalue weighted by atomic mass is 16.5. The molecule has 20 heavy (non-hydrogen) atoms. The lowest BCUT2D eigenvalue weighted by atomic mass is 10.1. The van der Waals surface area contributed by atoms with E-state index in [0.717, 1.165) is 5.52 Å². The minimum absolute atomic E-state index is 0.0187. The van der Waals surface area contributed by atoms with Gasteiger partial charge in [0.25, 0.3) is 0 Å². The number of carbonyl (C=O) groups excluding carboxylic acids is 1. The van der Waals surface area contributed by atoms with Gasteiger partial charge in [-0.1, -0.05) is 11.8 Å². The maximum absolute atomic E-state index is 11.1. The number of esters is 1. The number of aromatic amines is 1. The first-order chi connectivity index (χ1) is 9.61. The molecule has 102 valence electrons. The van der Waals surface area contributed by atoms with Crippen molar-refractivity contribution in [3.63, 3.8) is 0 Å². The molecule has 1 aromatic heterocycles. The van der Waals surface area contributed by atoms with Crippen molar-refractivity contribution in [1.29, 1.82) is 0 Å². The number of carboxylic acid groups (broad SMARTS) is 1. The van der Waals surface area contributed by atoms with Crippen molar-refractivity contribution in [1.82, 2.24) is 4.98 Å². The Labute approximate surface area is 115 Å². The Kier molecular flexibility index (Phi) is 4.06. The molecule has 0 saturated carbocycles. The minimum atomic E-state index is -0.993. The second-order valence-electron chi connectivity index (χ2n) is 4.05. The highest BCUT2D eigenvalue weighted by Gasteiger charge is 2.10. The third kappa shape index (κ3) is 2.98. The number of hydrogen-bond acceptors (Lipinski definition) is 3. The molecule has 0 bridgehead atoms. The molecule has 5 heteroatoms. The molecule has 0 aliphatic heterocycles. The van der Waals surface area contributed by atoms with E-state index in [9.17, 15) is 9.59 Å². The molecule has 0 unspecified atom stereocenters. The van der Waals surface area contributed by atoms with Gasteiger partial charge in [-0.15, -0.1) is 0 Å². The number of aromatic nitrogens is 1. The Morgan fingerprint density at radius 1 is 1.40 bits per heavy atom. The van der Waals surface area contributed by atoms with Gasteiger partial charge in [0.05, 0.1) is 12.2 Å². The monoisotopic (exact) mass is 271 g/mol. The van der Waals surface area contributed by atoms with E-state index in [1.807, 2.05) is 0 Å². The van der Waals surface area contributed by atoms with Crippen LogP contribution in [-0.4, -0.2) is 28.6 Å².